The molecule has 0 saturated carbocycles. The maximum atomic E-state index is 11.0. The van der Waals surface area contributed by atoms with E-state index in [0.29, 0.717) is 12.0 Å². The molecule has 0 fully saturated rings. The van der Waals surface area contributed by atoms with Gasteiger partial charge in [0.05, 0.1) is 11.9 Å². The molecule has 0 rings (SSSR count). The summed E-state index contributed by atoms with van der Waals surface area (Å²) in [6.45, 7) is 5.00. The number of hydrogen-bond donors (Lipinski definition) is 3. The number of aliphatic hydroxyl groups is 1. The molecular weight excluding hydrogens is 215 g/mol. The zero-order valence-corrected chi connectivity index (χ0v) is 10.3. The lowest BCUT2D eigenvalue weighted by Gasteiger charge is -2.10. The van der Waals surface area contributed by atoms with E-state index in [2.05, 4.69) is 0 Å². The highest BCUT2D eigenvalue weighted by Gasteiger charge is 2.21. The summed E-state index contributed by atoms with van der Waals surface area (Å²) in [5, 5.41) is 8.73. The lowest BCUT2D eigenvalue weighted by Crippen LogP contribution is -1.96. The summed E-state index contributed by atoms with van der Waals surface area (Å²) in [6, 6.07) is 0. The Bertz CT molecular complexity index is 307. The average molecular weight is 234 g/mol. The molecule has 0 unspecified atom stereocenters. The largest absolute Gasteiger partial charge is 0.391 e. The monoisotopic (exact) mass is 234 g/mol. The van der Waals surface area contributed by atoms with E-state index < -0.39 is 14.2 Å². The van der Waals surface area contributed by atoms with Gasteiger partial charge >= 0.3 is 7.60 Å². The minimum Gasteiger partial charge on any atom is -0.391 e. The molecule has 0 aliphatic carbocycles. The van der Waals surface area contributed by atoms with E-state index in [-0.39, 0.29) is 5.31 Å². The lowest BCUT2D eigenvalue weighted by molar-refractivity contribution is 0.320. The first kappa shape index (κ1) is 14.6. The Hall–Kier alpha value is -0.410. The normalized spacial score (nSPS) is 13.5. The van der Waals surface area contributed by atoms with Crippen molar-refractivity contribution in [2.75, 3.05) is 6.61 Å². The molecule has 0 radical (unpaired) electrons. The summed E-state index contributed by atoms with van der Waals surface area (Å²) in [4.78, 5) is 17.9. The van der Waals surface area contributed by atoms with Crippen LogP contribution in [0.1, 0.15) is 33.6 Å². The van der Waals surface area contributed by atoms with E-state index in [4.69, 9.17) is 14.9 Å². The first-order chi connectivity index (χ1) is 6.79. The van der Waals surface area contributed by atoms with Crippen LogP contribution in [-0.4, -0.2) is 21.5 Å². The summed E-state index contributed by atoms with van der Waals surface area (Å²) < 4.78 is 11.0. The first-order valence-corrected chi connectivity index (χ1v) is 6.39. The summed E-state index contributed by atoms with van der Waals surface area (Å²) >= 11 is 0. The van der Waals surface area contributed by atoms with Gasteiger partial charge in [0.2, 0.25) is 0 Å². The Morgan fingerprint density at radius 2 is 1.80 bits per heavy atom. The highest BCUT2D eigenvalue weighted by atomic mass is 31.2. The van der Waals surface area contributed by atoms with Crippen molar-refractivity contribution in [3.8, 4) is 0 Å². The van der Waals surface area contributed by atoms with Crippen molar-refractivity contribution in [1.82, 2.24) is 0 Å². The van der Waals surface area contributed by atoms with Crippen LogP contribution in [0.15, 0.2) is 22.5 Å². The zero-order valence-electron chi connectivity index (χ0n) is 9.40. The lowest BCUT2D eigenvalue weighted by atomic mass is 10.1. The molecule has 0 aliphatic rings. The van der Waals surface area contributed by atoms with Crippen molar-refractivity contribution < 1.29 is 19.5 Å². The molecule has 15 heavy (non-hydrogen) atoms. The Kier molecular flexibility index (Phi) is 6.06. The fourth-order valence-corrected chi connectivity index (χ4v) is 1.99. The molecule has 5 heteroatoms. The second kappa shape index (κ2) is 6.23. The molecule has 0 saturated heterocycles. The molecule has 0 amide bonds. The van der Waals surface area contributed by atoms with Gasteiger partial charge in [0.1, 0.15) is 0 Å². The van der Waals surface area contributed by atoms with Gasteiger partial charge < -0.3 is 14.9 Å². The summed E-state index contributed by atoms with van der Waals surface area (Å²) in [5.74, 6) is 0. The molecular formula is C10H19O4P. The van der Waals surface area contributed by atoms with E-state index in [9.17, 15) is 4.57 Å². The molecule has 0 aromatic heterocycles. The fourth-order valence-electron chi connectivity index (χ4n) is 1.20. The molecule has 0 heterocycles. The molecule has 0 aromatic carbocycles. The van der Waals surface area contributed by atoms with Crippen LogP contribution in [0.2, 0.25) is 0 Å². The van der Waals surface area contributed by atoms with Crippen molar-refractivity contribution in [2.45, 2.75) is 33.6 Å². The van der Waals surface area contributed by atoms with Gasteiger partial charge in [-0.15, -0.1) is 0 Å². The van der Waals surface area contributed by atoms with Gasteiger partial charge in [-0.1, -0.05) is 17.2 Å². The smallest absolute Gasteiger partial charge is 0.354 e. The maximum Gasteiger partial charge on any atom is 0.354 e. The van der Waals surface area contributed by atoms with E-state index in [1.165, 1.54) is 5.57 Å². The van der Waals surface area contributed by atoms with Crippen molar-refractivity contribution in [3.63, 3.8) is 0 Å². The molecule has 0 aromatic rings. The number of aliphatic hydroxyl groups excluding tert-OH is 1. The SMILES string of the molecule is CC(C)=CCC/C(C)=C(\CO)P(=O)(O)O. The van der Waals surface area contributed by atoms with Crippen LogP contribution >= 0.6 is 7.60 Å². The van der Waals surface area contributed by atoms with Crippen molar-refractivity contribution in [3.05, 3.63) is 22.5 Å². The molecule has 0 bridgehead atoms. The Morgan fingerprint density at radius 1 is 1.27 bits per heavy atom. The van der Waals surface area contributed by atoms with Crippen LogP contribution < -0.4 is 0 Å². The van der Waals surface area contributed by atoms with Gasteiger partial charge in [-0.2, -0.15) is 0 Å². The summed E-state index contributed by atoms with van der Waals surface area (Å²) in [6.07, 6.45) is 3.29. The Labute approximate surface area is 90.5 Å². The van der Waals surface area contributed by atoms with E-state index >= 15 is 0 Å². The average Bonchev–Trinajstić information content (AvgIpc) is 2.01. The third-order valence-corrected chi connectivity index (χ3v) is 3.29. The van der Waals surface area contributed by atoms with Gasteiger partial charge in [0.25, 0.3) is 0 Å². The second-order valence-corrected chi connectivity index (χ2v) is 5.38. The fraction of sp³-hybridized carbons (Fsp3) is 0.600. The number of rotatable bonds is 5. The molecule has 0 spiro atoms. The van der Waals surface area contributed by atoms with Crippen LogP contribution in [0.5, 0.6) is 0 Å². The van der Waals surface area contributed by atoms with E-state index in [1.54, 1.807) is 6.92 Å². The number of hydrogen-bond acceptors (Lipinski definition) is 2. The van der Waals surface area contributed by atoms with Crippen molar-refractivity contribution >= 4 is 7.60 Å². The van der Waals surface area contributed by atoms with E-state index in [0.717, 1.165) is 6.42 Å². The predicted molar refractivity (Wildman–Crippen MR) is 60.5 cm³/mol. The van der Waals surface area contributed by atoms with Gasteiger partial charge in [-0.25, -0.2) is 0 Å². The van der Waals surface area contributed by atoms with Gasteiger partial charge in [0, 0.05) is 0 Å². The molecule has 3 N–H and O–H groups in total. The Morgan fingerprint density at radius 3 is 2.13 bits per heavy atom. The zero-order chi connectivity index (χ0) is 12.1. The van der Waals surface area contributed by atoms with Crippen molar-refractivity contribution in [2.24, 2.45) is 0 Å². The third-order valence-electron chi connectivity index (χ3n) is 2.07. The topological polar surface area (TPSA) is 77.8 Å². The third kappa shape index (κ3) is 5.90. The summed E-state index contributed by atoms with van der Waals surface area (Å²) in [7, 11) is -4.29. The Balaban J connectivity index is 4.62. The van der Waals surface area contributed by atoms with Gasteiger partial charge in [-0.05, 0) is 33.6 Å². The molecule has 88 valence electrons. The van der Waals surface area contributed by atoms with Crippen LogP contribution in [0, 0.1) is 0 Å². The highest BCUT2D eigenvalue weighted by molar-refractivity contribution is 7.56. The van der Waals surface area contributed by atoms with Crippen LogP contribution in [0.25, 0.3) is 0 Å². The first-order valence-electron chi connectivity index (χ1n) is 4.78. The second-order valence-electron chi connectivity index (χ2n) is 3.75. The highest BCUT2D eigenvalue weighted by Crippen LogP contribution is 2.46. The van der Waals surface area contributed by atoms with Gasteiger partial charge in [-0.3, -0.25) is 4.57 Å². The minimum atomic E-state index is -4.29. The van der Waals surface area contributed by atoms with Crippen LogP contribution in [-0.2, 0) is 4.57 Å². The maximum absolute atomic E-state index is 11.0. The molecule has 0 atom stereocenters. The standard InChI is InChI=1S/C10H19O4P/c1-8(2)5-4-6-9(3)10(7-11)15(12,13)14/h5,11H,4,6-7H2,1-3H3,(H2,12,13,14)/b10-9+. The van der Waals surface area contributed by atoms with E-state index in [1.807, 2.05) is 19.9 Å². The van der Waals surface area contributed by atoms with Crippen LogP contribution in [0.3, 0.4) is 0 Å². The number of allylic oxidation sites excluding steroid dienone is 3. The van der Waals surface area contributed by atoms with Crippen LogP contribution in [0.4, 0.5) is 0 Å². The van der Waals surface area contributed by atoms with Gasteiger partial charge in [0.15, 0.2) is 0 Å². The minimum absolute atomic E-state index is 0.148. The van der Waals surface area contributed by atoms with Crippen molar-refractivity contribution in [1.29, 1.82) is 0 Å². The molecule has 0 aliphatic heterocycles. The molecule has 4 nitrogen and oxygen atoms in total. The predicted octanol–water partition coefficient (Wildman–Crippen LogP) is 2.18. The summed E-state index contributed by atoms with van der Waals surface area (Å²) in [5.41, 5.74) is 1.74. The quantitative estimate of drug-likeness (QED) is 0.503.